The molecule has 3 aliphatic rings. The van der Waals surface area contributed by atoms with Gasteiger partial charge in [0.15, 0.2) is 0 Å². The summed E-state index contributed by atoms with van der Waals surface area (Å²) >= 11 is 0. The average Bonchev–Trinajstić information content (AvgIpc) is 2.64. The van der Waals surface area contributed by atoms with Crippen LogP contribution in [0.2, 0.25) is 0 Å². The zero-order valence-corrected chi connectivity index (χ0v) is 15.5. The van der Waals surface area contributed by atoms with Crippen LogP contribution in [0.3, 0.4) is 0 Å². The molecule has 0 aliphatic carbocycles. The Labute approximate surface area is 158 Å². The van der Waals surface area contributed by atoms with Crippen molar-refractivity contribution in [2.45, 2.75) is 26.6 Å². The van der Waals surface area contributed by atoms with E-state index in [0.717, 1.165) is 22.8 Å². The molecule has 2 aromatic heterocycles. The molecule has 0 radical (unpaired) electrons. The van der Waals surface area contributed by atoms with Gasteiger partial charge in [-0.2, -0.15) is 0 Å². The third-order valence-corrected chi connectivity index (χ3v) is 5.02. The Kier molecular flexibility index (Phi) is 4.85. The van der Waals surface area contributed by atoms with Gasteiger partial charge >= 0.3 is 11.8 Å². The number of fused-ring (bicyclic) bond motifs is 5. The Morgan fingerprint density at radius 2 is 1.48 bits per heavy atom. The smallest absolute Gasteiger partial charge is 0.312 e. The molecule has 3 aliphatic heterocycles. The second-order valence-electron chi connectivity index (χ2n) is 7.12. The maximum absolute atomic E-state index is 12.4. The summed E-state index contributed by atoms with van der Waals surface area (Å²) in [6.07, 6.45) is 0. The number of amides is 2. The minimum absolute atomic E-state index is 0.381. The summed E-state index contributed by atoms with van der Waals surface area (Å²) in [6, 6.07) is 11.9. The van der Waals surface area contributed by atoms with Gasteiger partial charge in [0.05, 0.1) is 23.6 Å². The topological polar surface area (TPSA) is 69.6 Å². The lowest BCUT2D eigenvalue weighted by atomic mass is 10.2. The van der Waals surface area contributed by atoms with Crippen LogP contribution in [0.25, 0.3) is 0 Å². The molecule has 1 saturated heterocycles. The highest BCUT2D eigenvalue weighted by Crippen LogP contribution is 2.14. The van der Waals surface area contributed by atoms with Crippen molar-refractivity contribution in [3.05, 3.63) is 59.2 Å². The highest BCUT2D eigenvalue weighted by Gasteiger charge is 2.33. The molecule has 1 fully saturated rings. The first-order valence-electron chi connectivity index (χ1n) is 9.26. The molecule has 4 bridgehead atoms. The molecule has 7 heteroatoms. The quantitative estimate of drug-likeness (QED) is 0.742. The SMILES string of the molecule is Cc1cccc(CN2CCN3CCN(Cc4cccc(n4)C2)C(=O)C3=O)n1. The summed E-state index contributed by atoms with van der Waals surface area (Å²) in [4.78, 5) is 39.7. The molecule has 5 heterocycles. The van der Waals surface area contributed by atoms with Gasteiger partial charge in [-0.1, -0.05) is 12.1 Å². The number of piperazine rings is 1. The minimum Gasteiger partial charge on any atom is -0.331 e. The summed E-state index contributed by atoms with van der Waals surface area (Å²) in [6.45, 7) is 6.04. The predicted octanol–water partition coefficient (Wildman–Crippen LogP) is 0.972. The number of pyridine rings is 2. The molecular weight excluding hydrogens is 342 g/mol. The molecule has 7 nitrogen and oxygen atoms in total. The van der Waals surface area contributed by atoms with Crippen molar-refractivity contribution in [1.82, 2.24) is 24.7 Å². The molecule has 2 amide bonds. The summed E-state index contributed by atoms with van der Waals surface area (Å²) < 4.78 is 0. The van der Waals surface area contributed by atoms with Crippen LogP contribution in [0.1, 0.15) is 22.8 Å². The number of carbonyl (C=O) groups excluding carboxylic acids is 2. The maximum Gasteiger partial charge on any atom is 0.312 e. The lowest BCUT2D eigenvalue weighted by Crippen LogP contribution is -2.55. The number of carbonyl (C=O) groups is 2. The second-order valence-corrected chi connectivity index (χ2v) is 7.12. The fraction of sp³-hybridized carbons (Fsp3) is 0.400. The molecule has 2 aromatic rings. The maximum atomic E-state index is 12.4. The van der Waals surface area contributed by atoms with E-state index in [2.05, 4.69) is 9.88 Å². The molecule has 5 rings (SSSR count). The predicted molar refractivity (Wildman–Crippen MR) is 99.3 cm³/mol. The van der Waals surface area contributed by atoms with Gasteiger partial charge in [0.1, 0.15) is 0 Å². The molecule has 140 valence electrons. The fourth-order valence-corrected chi connectivity index (χ4v) is 3.60. The van der Waals surface area contributed by atoms with Gasteiger partial charge in [-0.25, -0.2) is 0 Å². The molecule has 0 N–H and O–H groups in total. The molecule has 0 saturated carbocycles. The summed E-state index contributed by atoms with van der Waals surface area (Å²) in [5.74, 6) is -0.840. The fourth-order valence-electron chi connectivity index (χ4n) is 3.60. The average molecular weight is 365 g/mol. The van der Waals surface area contributed by atoms with Crippen molar-refractivity contribution in [1.29, 1.82) is 0 Å². The van der Waals surface area contributed by atoms with Crippen molar-refractivity contribution in [2.24, 2.45) is 0 Å². The number of nitrogens with zero attached hydrogens (tertiary/aromatic N) is 5. The lowest BCUT2D eigenvalue weighted by molar-refractivity contribution is -0.156. The largest absolute Gasteiger partial charge is 0.331 e. The Balaban J connectivity index is 1.62. The summed E-state index contributed by atoms with van der Waals surface area (Å²) in [5, 5.41) is 0. The zero-order chi connectivity index (χ0) is 18.8. The van der Waals surface area contributed by atoms with Crippen LogP contribution in [0.4, 0.5) is 0 Å². The molecule has 0 spiro atoms. The van der Waals surface area contributed by atoms with E-state index in [1.807, 2.05) is 43.3 Å². The molecule has 0 unspecified atom stereocenters. The van der Waals surface area contributed by atoms with E-state index in [0.29, 0.717) is 45.8 Å². The van der Waals surface area contributed by atoms with Crippen molar-refractivity contribution in [3.8, 4) is 0 Å². The first-order valence-corrected chi connectivity index (χ1v) is 9.26. The normalized spacial score (nSPS) is 18.4. The van der Waals surface area contributed by atoms with Gasteiger partial charge < -0.3 is 9.80 Å². The Hall–Kier alpha value is -2.80. The van der Waals surface area contributed by atoms with Crippen molar-refractivity contribution < 1.29 is 9.59 Å². The van der Waals surface area contributed by atoms with Gasteiger partial charge in [0, 0.05) is 45.0 Å². The van der Waals surface area contributed by atoms with Gasteiger partial charge in [0.25, 0.3) is 0 Å². The van der Waals surface area contributed by atoms with E-state index in [9.17, 15) is 9.59 Å². The summed E-state index contributed by atoms with van der Waals surface area (Å²) in [5.41, 5.74) is 3.76. The van der Waals surface area contributed by atoms with Gasteiger partial charge in [-0.15, -0.1) is 0 Å². The third kappa shape index (κ3) is 3.98. The minimum atomic E-state index is -0.430. The van der Waals surface area contributed by atoms with E-state index in [4.69, 9.17) is 4.98 Å². The Bertz CT molecular complexity index is 869. The number of rotatable bonds is 2. The molecular formula is C20H23N5O2. The van der Waals surface area contributed by atoms with Gasteiger partial charge in [-0.3, -0.25) is 24.5 Å². The van der Waals surface area contributed by atoms with E-state index in [-0.39, 0.29) is 0 Å². The van der Waals surface area contributed by atoms with Crippen molar-refractivity contribution >= 4 is 11.8 Å². The lowest BCUT2D eigenvalue weighted by Gasteiger charge is -2.35. The third-order valence-electron chi connectivity index (χ3n) is 5.02. The molecule has 0 aromatic carbocycles. The van der Waals surface area contributed by atoms with Crippen LogP contribution in [-0.2, 0) is 29.2 Å². The van der Waals surface area contributed by atoms with E-state index >= 15 is 0 Å². The Morgan fingerprint density at radius 1 is 0.815 bits per heavy atom. The highest BCUT2D eigenvalue weighted by molar-refractivity contribution is 6.35. The number of hydrogen-bond donors (Lipinski definition) is 0. The van der Waals surface area contributed by atoms with Crippen LogP contribution in [0.15, 0.2) is 36.4 Å². The van der Waals surface area contributed by atoms with E-state index < -0.39 is 11.8 Å². The zero-order valence-electron chi connectivity index (χ0n) is 15.5. The van der Waals surface area contributed by atoms with Crippen LogP contribution in [0.5, 0.6) is 0 Å². The van der Waals surface area contributed by atoms with Crippen LogP contribution in [0, 0.1) is 6.92 Å². The van der Waals surface area contributed by atoms with Crippen molar-refractivity contribution in [3.63, 3.8) is 0 Å². The van der Waals surface area contributed by atoms with Crippen LogP contribution in [-0.4, -0.2) is 62.7 Å². The first kappa shape index (κ1) is 17.6. The summed E-state index contributed by atoms with van der Waals surface area (Å²) in [7, 11) is 0. The van der Waals surface area contributed by atoms with Crippen LogP contribution < -0.4 is 0 Å². The molecule has 27 heavy (non-hydrogen) atoms. The monoisotopic (exact) mass is 365 g/mol. The van der Waals surface area contributed by atoms with Gasteiger partial charge in [-0.05, 0) is 31.2 Å². The van der Waals surface area contributed by atoms with Crippen molar-refractivity contribution in [2.75, 3.05) is 26.2 Å². The first-order chi connectivity index (χ1) is 13.1. The Morgan fingerprint density at radius 3 is 2.30 bits per heavy atom. The van der Waals surface area contributed by atoms with E-state index in [1.54, 1.807) is 9.80 Å². The molecule has 0 atom stereocenters. The highest BCUT2D eigenvalue weighted by atomic mass is 16.2. The number of aryl methyl sites for hydroxylation is 1. The van der Waals surface area contributed by atoms with Crippen LogP contribution >= 0.6 is 0 Å². The number of hydrogen-bond acceptors (Lipinski definition) is 5. The second kappa shape index (κ2) is 7.44. The van der Waals surface area contributed by atoms with Gasteiger partial charge in [0.2, 0.25) is 0 Å². The standard InChI is InChI=1S/C20H23N5O2/c1-15-4-2-5-16(21-15)12-23-8-9-24-10-11-25(20(27)19(24)26)14-18-7-3-6-17(13-23)22-18/h2-7H,8-14H2,1H3. The number of aromatic nitrogens is 2. The van der Waals surface area contributed by atoms with E-state index in [1.165, 1.54) is 0 Å².